The standard InChI is InChI=1S/C29H52O2/c1-7-14-26(3,30)15-12-20(2)23-10-11-24-22-9-8-21-19-27(4,31)17-18-28(21,5)25(22)13-16-29(23,24)6/h20-25,30-31H,7-19H2,1-6H3/t20-,21+,22+,23?,24+,25+,26-,27+,28+,29-/m1/s1. The summed E-state index contributed by atoms with van der Waals surface area (Å²) in [7, 11) is 0. The topological polar surface area (TPSA) is 40.5 Å². The van der Waals surface area contributed by atoms with Crippen LogP contribution in [0.5, 0.6) is 0 Å². The first-order chi connectivity index (χ1) is 14.4. The molecule has 0 saturated heterocycles. The lowest BCUT2D eigenvalue weighted by Gasteiger charge is -2.62. The van der Waals surface area contributed by atoms with Gasteiger partial charge < -0.3 is 10.2 Å². The zero-order valence-electron chi connectivity index (χ0n) is 21.6. The maximum atomic E-state index is 10.7. The highest BCUT2D eigenvalue weighted by atomic mass is 16.3. The second kappa shape index (κ2) is 8.30. The molecule has 0 aromatic rings. The van der Waals surface area contributed by atoms with Crippen LogP contribution in [0.1, 0.15) is 125 Å². The molecule has 0 aromatic heterocycles. The third kappa shape index (κ3) is 4.27. The maximum absolute atomic E-state index is 10.7. The monoisotopic (exact) mass is 432 g/mol. The molecule has 4 saturated carbocycles. The smallest absolute Gasteiger partial charge is 0.0622 e. The van der Waals surface area contributed by atoms with Crippen LogP contribution in [0.3, 0.4) is 0 Å². The van der Waals surface area contributed by atoms with E-state index < -0.39 is 11.2 Å². The molecule has 2 nitrogen and oxygen atoms in total. The van der Waals surface area contributed by atoms with Crippen molar-refractivity contribution in [2.24, 2.45) is 46.3 Å². The molecule has 0 aliphatic heterocycles. The van der Waals surface area contributed by atoms with E-state index in [0.717, 1.165) is 67.6 Å². The van der Waals surface area contributed by atoms with E-state index in [1.165, 1.54) is 51.4 Å². The van der Waals surface area contributed by atoms with Gasteiger partial charge in [0.2, 0.25) is 0 Å². The van der Waals surface area contributed by atoms with Gasteiger partial charge in [0.15, 0.2) is 0 Å². The van der Waals surface area contributed by atoms with Crippen LogP contribution in [-0.2, 0) is 0 Å². The van der Waals surface area contributed by atoms with Gasteiger partial charge in [0.1, 0.15) is 0 Å². The van der Waals surface area contributed by atoms with Crippen LogP contribution in [0.15, 0.2) is 0 Å². The molecular weight excluding hydrogens is 380 g/mol. The molecule has 4 fully saturated rings. The number of hydrogen-bond acceptors (Lipinski definition) is 2. The fraction of sp³-hybridized carbons (Fsp3) is 1.00. The molecule has 2 N–H and O–H groups in total. The first-order valence-corrected chi connectivity index (χ1v) is 13.9. The molecule has 0 spiro atoms. The number of aliphatic hydroxyl groups is 2. The van der Waals surface area contributed by atoms with E-state index in [1.54, 1.807) is 0 Å². The van der Waals surface area contributed by atoms with Crippen molar-refractivity contribution in [1.82, 2.24) is 0 Å². The van der Waals surface area contributed by atoms with Crippen LogP contribution >= 0.6 is 0 Å². The van der Waals surface area contributed by atoms with E-state index in [4.69, 9.17) is 0 Å². The summed E-state index contributed by atoms with van der Waals surface area (Å²) in [6, 6.07) is 0. The van der Waals surface area contributed by atoms with Gasteiger partial charge in [-0.1, -0.05) is 34.1 Å². The third-order valence-corrected chi connectivity index (χ3v) is 11.6. The van der Waals surface area contributed by atoms with Crippen molar-refractivity contribution in [3.63, 3.8) is 0 Å². The molecule has 0 radical (unpaired) electrons. The van der Waals surface area contributed by atoms with Gasteiger partial charge in [-0.3, -0.25) is 0 Å². The first kappa shape index (κ1) is 24.1. The van der Waals surface area contributed by atoms with Crippen LogP contribution in [0.4, 0.5) is 0 Å². The summed E-state index contributed by atoms with van der Waals surface area (Å²) in [5.41, 5.74) is 0.0808. The number of fused-ring (bicyclic) bond motifs is 5. The Balaban J connectivity index is 1.45. The Kier molecular flexibility index (Phi) is 6.44. The maximum Gasteiger partial charge on any atom is 0.0622 e. The molecule has 0 aromatic carbocycles. The van der Waals surface area contributed by atoms with E-state index in [-0.39, 0.29) is 0 Å². The minimum atomic E-state index is -0.477. The molecule has 0 heterocycles. The summed E-state index contributed by atoms with van der Waals surface area (Å²) in [5, 5.41) is 21.4. The van der Waals surface area contributed by atoms with Crippen molar-refractivity contribution in [1.29, 1.82) is 0 Å². The van der Waals surface area contributed by atoms with E-state index >= 15 is 0 Å². The van der Waals surface area contributed by atoms with Gasteiger partial charge in [-0.2, -0.15) is 0 Å². The van der Waals surface area contributed by atoms with Crippen molar-refractivity contribution in [3.8, 4) is 0 Å². The van der Waals surface area contributed by atoms with Crippen molar-refractivity contribution in [3.05, 3.63) is 0 Å². The predicted molar refractivity (Wildman–Crippen MR) is 130 cm³/mol. The van der Waals surface area contributed by atoms with Gasteiger partial charge in [-0.15, -0.1) is 0 Å². The largest absolute Gasteiger partial charge is 0.390 e. The van der Waals surface area contributed by atoms with Crippen LogP contribution in [0.25, 0.3) is 0 Å². The van der Waals surface area contributed by atoms with E-state index in [2.05, 4.69) is 34.6 Å². The van der Waals surface area contributed by atoms with Crippen molar-refractivity contribution >= 4 is 0 Å². The number of hydrogen-bond donors (Lipinski definition) is 2. The van der Waals surface area contributed by atoms with E-state index in [1.807, 2.05) is 6.92 Å². The van der Waals surface area contributed by atoms with Gasteiger partial charge in [0.25, 0.3) is 0 Å². The molecule has 2 heteroatoms. The summed E-state index contributed by atoms with van der Waals surface area (Å²) in [6.07, 6.45) is 15.9. The highest BCUT2D eigenvalue weighted by molar-refractivity contribution is 5.10. The molecule has 0 amide bonds. The average Bonchev–Trinajstić information content (AvgIpc) is 3.04. The molecule has 1 unspecified atom stereocenters. The van der Waals surface area contributed by atoms with Gasteiger partial charge in [-0.05, 0) is 137 Å². The SMILES string of the molecule is CCC[C@@](C)(O)CC[C@@H](C)C1CC[C@H]2[C@@H]3CC[C@H]4C[C@@](C)(O)CC[C@]4(C)[C@H]3CC[C@]12C. The second-order valence-electron chi connectivity index (χ2n) is 13.8. The van der Waals surface area contributed by atoms with Crippen molar-refractivity contribution < 1.29 is 10.2 Å². The van der Waals surface area contributed by atoms with Crippen LogP contribution < -0.4 is 0 Å². The summed E-state index contributed by atoms with van der Waals surface area (Å²) < 4.78 is 0. The Morgan fingerprint density at radius 1 is 0.903 bits per heavy atom. The zero-order valence-corrected chi connectivity index (χ0v) is 21.6. The molecule has 10 atom stereocenters. The van der Waals surface area contributed by atoms with Crippen LogP contribution in [0.2, 0.25) is 0 Å². The van der Waals surface area contributed by atoms with Crippen LogP contribution in [-0.4, -0.2) is 21.4 Å². The Labute approximate surface area is 193 Å². The Bertz CT molecular complexity index is 639. The van der Waals surface area contributed by atoms with Crippen molar-refractivity contribution in [2.75, 3.05) is 0 Å². The summed E-state index contributed by atoms with van der Waals surface area (Å²) >= 11 is 0. The molecule has 4 rings (SSSR count). The third-order valence-electron chi connectivity index (χ3n) is 11.6. The summed E-state index contributed by atoms with van der Waals surface area (Å²) in [6.45, 7) is 14.1. The lowest BCUT2D eigenvalue weighted by Crippen LogP contribution is -2.55. The van der Waals surface area contributed by atoms with E-state index in [9.17, 15) is 10.2 Å². The molecule has 31 heavy (non-hydrogen) atoms. The lowest BCUT2D eigenvalue weighted by molar-refractivity contribution is -0.148. The first-order valence-electron chi connectivity index (χ1n) is 13.9. The molecule has 180 valence electrons. The average molecular weight is 433 g/mol. The Morgan fingerprint density at radius 3 is 2.32 bits per heavy atom. The fourth-order valence-corrected chi connectivity index (χ4v) is 9.81. The van der Waals surface area contributed by atoms with Gasteiger partial charge in [0.05, 0.1) is 11.2 Å². The highest BCUT2D eigenvalue weighted by Gasteiger charge is 2.61. The Morgan fingerprint density at radius 2 is 1.61 bits per heavy atom. The minimum Gasteiger partial charge on any atom is -0.390 e. The summed E-state index contributed by atoms with van der Waals surface area (Å²) in [4.78, 5) is 0. The minimum absolute atomic E-state index is 0.424. The molecule has 4 aliphatic rings. The highest BCUT2D eigenvalue weighted by Crippen LogP contribution is 2.68. The quantitative estimate of drug-likeness (QED) is 0.460. The normalized spacial score (nSPS) is 50.1. The number of rotatable bonds is 6. The molecule has 4 aliphatic carbocycles. The van der Waals surface area contributed by atoms with E-state index in [0.29, 0.717) is 10.8 Å². The fourth-order valence-electron chi connectivity index (χ4n) is 9.81. The Hall–Kier alpha value is -0.0800. The van der Waals surface area contributed by atoms with Gasteiger partial charge in [-0.25, -0.2) is 0 Å². The second-order valence-corrected chi connectivity index (χ2v) is 13.8. The van der Waals surface area contributed by atoms with Gasteiger partial charge >= 0.3 is 0 Å². The summed E-state index contributed by atoms with van der Waals surface area (Å²) in [5.74, 6) is 5.03. The molecule has 0 bridgehead atoms. The van der Waals surface area contributed by atoms with Gasteiger partial charge in [0, 0.05) is 0 Å². The predicted octanol–water partition coefficient (Wildman–Crippen LogP) is 7.36. The van der Waals surface area contributed by atoms with Crippen LogP contribution in [0, 0.1) is 46.3 Å². The lowest BCUT2D eigenvalue weighted by atomic mass is 9.43. The van der Waals surface area contributed by atoms with Crippen molar-refractivity contribution in [2.45, 2.75) is 136 Å². The zero-order chi connectivity index (χ0) is 22.7. The molecular formula is C29H52O2.